The van der Waals surface area contributed by atoms with Gasteiger partial charge < -0.3 is 5.32 Å². The van der Waals surface area contributed by atoms with E-state index in [4.69, 9.17) is 0 Å². The smallest absolute Gasteiger partial charge is 0.00104 e. The van der Waals surface area contributed by atoms with Gasteiger partial charge in [0.2, 0.25) is 0 Å². The van der Waals surface area contributed by atoms with Crippen molar-refractivity contribution in [1.82, 2.24) is 5.32 Å². The summed E-state index contributed by atoms with van der Waals surface area (Å²) in [5.74, 6) is 2.66. The van der Waals surface area contributed by atoms with Crippen molar-refractivity contribution in [2.45, 2.75) is 65.8 Å². The zero-order valence-electron chi connectivity index (χ0n) is 12.3. The van der Waals surface area contributed by atoms with E-state index in [2.05, 4.69) is 39.6 Å². The van der Waals surface area contributed by atoms with E-state index in [9.17, 15) is 0 Å². The highest BCUT2D eigenvalue weighted by atomic mass is 14.9. The average Bonchev–Trinajstić information content (AvgIpc) is 2.27. The lowest BCUT2D eigenvalue weighted by Crippen LogP contribution is -2.35. The monoisotopic (exact) mass is 237 g/mol. The summed E-state index contributed by atoms with van der Waals surface area (Å²) in [4.78, 5) is 0. The number of rotatable bonds is 6. The molecule has 0 aromatic heterocycles. The molecule has 1 fully saturated rings. The summed E-state index contributed by atoms with van der Waals surface area (Å²) in [6.07, 6.45) is 6.63. The van der Waals surface area contributed by atoms with Crippen LogP contribution in [-0.4, -0.2) is 12.6 Å². The Morgan fingerprint density at radius 3 is 2.59 bits per heavy atom. The third kappa shape index (κ3) is 5.25. The van der Waals surface area contributed by atoms with Crippen molar-refractivity contribution in [2.75, 3.05) is 6.54 Å². The van der Waals surface area contributed by atoms with E-state index in [1.54, 1.807) is 0 Å². The Bertz CT molecular complexity index is 232. The summed E-state index contributed by atoms with van der Waals surface area (Å²) in [6.45, 7) is 14.5. The molecule has 0 saturated heterocycles. The topological polar surface area (TPSA) is 12.0 Å². The maximum absolute atomic E-state index is 4.20. The van der Waals surface area contributed by atoms with Crippen LogP contribution in [0.4, 0.5) is 0 Å². The fraction of sp³-hybridized carbons (Fsp3) is 0.875. The van der Waals surface area contributed by atoms with E-state index in [0.717, 1.165) is 24.2 Å². The number of hydrogen-bond acceptors (Lipinski definition) is 1. The predicted octanol–water partition coefficient (Wildman–Crippen LogP) is 4.39. The number of hydrogen-bond donors (Lipinski definition) is 1. The molecule has 0 radical (unpaired) electrons. The van der Waals surface area contributed by atoms with Gasteiger partial charge in [-0.3, -0.25) is 0 Å². The lowest BCUT2D eigenvalue weighted by atomic mass is 9.72. The van der Waals surface area contributed by atoms with Crippen LogP contribution in [0.5, 0.6) is 0 Å². The first-order valence-corrected chi connectivity index (χ1v) is 7.42. The van der Waals surface area contributed by atoms with Crippen LogP contribution < -0.4 is 5.32 Å². The van der Waals surface area contributed by atoms with E-state index in [-0.39, 0.29) is 0 Å². The molecule has 100 valence electrons. The van der Waals surface area contributed by atoms with Crippen molar-refractivity contribution in [3.8, 4) is 0 Å². The lowest BCUT2D eigenvalue weighted by Gasteiger charge is -2.36. The second kappa shape index (κ2) is 7.20. The highest BCUT2D eigenvalue weighted by molar-refractivity contribution is 4.97. The van der Waals surface area contributed by atoms with Crippen molar-refractivity contribution in [1.29, 1.82) is 0 Å². The van der Waals surface area contributed by atoms with Crippen LogP contribution in [0.1, 0.15) is 59.8 Å². The molecule has 0 spiro atoms. The van der Waals surface area contributed by atoms with E-state index >= 15 is 0 Å². The standard InChI is InChI=1S/C16H31N/c1-6-13(4)9-16-10-14(5)7-8-15(16)11-17-12(2)3/h12,14-17H,4,6-11H2,1-3,5H3. The van der Waals surface area contributed by atoms with Gasteiger partial charge in [0, 0.05) is 6.04 Å². The molecule has 0 aromatic rings. The van der Waals surface area contributed by atoms with Gasteiger partial charge in [-0.2, -0.15) is 0 Å². The minimum atomic E-state index is 0.615. The summed E-state index contributed by atoms with van der Waals surface area (Å²) < 4.78 is 0. The number of allylic oxidation sites excluding steroid dienone is 1. The molecule has 0 aliphatic heterocycles. The Balaban J connectivity index is 2.49. The summed E-state index contributed by atoms with van der Waals surface area (Å²) >= 11 is 0. The molecule has 3 atom stereocenters. The molecule has 0 heterocycles. The average molecular weight is 237 g/mol. The summed E-state index contributed by atoms with van der Waals surface area (Å²) in [6, 6.07) is 0.615. The molecular weight excluding hydrogens is 206 g/mol. The molecule has 0 amide bonds. The summed E-state index contributed by atoms with van der Waals surface area (Å²) in [5.41, 5.74) is 1.44. The SMILES string of the molecule is C=C(CC)CC1CC(C)CCC1CNC(C)C. The van der Waals surface area contributed by atoms with E-state index < -0.39 is 0 Å². The lowest BCUT2D eigenvalue weighted by molar-refractivity contribution is 0.180. The van der Waals surface area contributed by atoms with Crippen molar-refractivity contribution in [2.24, 2.45) is 17.8 Å². The van der Waals surface area contributed by atoms with Gasteiger partial charge in [-0.15, -0.1) is 0 Å². The van der Waals surface area contributed by atoms with E-state index in [1.807, 2.05) is 0 Å². The zero-order chi connectivity index (χ0) is 12.8. The molecule has 1 heteroatoms. The molecule has 1 saturated carbocycles. The van der Waals surface area contributed by atoms with Crippen LogP contribution in [0.25, 0.3) is 0 Å². The molecule has 0 aromatic carbocycles. The maximum atomic E-state index is 4.20. The molecule has 17 heavy (non-hydrogen) atoms. The van der Waals surface area contributed by atoms with Gasteiger partial charge in [-0.05, 0) is 50.0 Å². The number of nitrogens with one attached hydrogen (secondary N) is 1. The maximum Gasteiger partial charge on any atom is 0.00104 e. The third-order valence-corrected chi connectivity index (χ3v) is 4.24. The minimum absolute atomic E-state index is 0.615. The Hall–Kier alpha value is -0.300. The van der Waals surface area contributed by atoms with E-state index in [1.165, 1.54) is 37.8 Å². The van der Waals surface area contributed by atoms with Crippen LogP contribution in [-0.2, 0) is 0 Å². The second-order valence-corrected chi connectivity index (χ2v) is 6.31. The second-order valence-electron chi connectivity index (χ2n) is 6.31. The van der Waals surface area contributed by atoms with Gasteiger partial charge in [0.05, 0.1) is 0 Å². The van der Waals surface area contributed by atoms with Crippen LogP contribution in [0.15, 0.2) is 12.2 Å². The van der Waals surface area contributed by atoms with Gasteiger partial charge >= 0.3 is 0 Å². The molecule has 1 aliphatic rings. The molecular formula is C16H31N. The summed E-state index contributed by atoms with van der Waals surface area (Å²) in [5, 5.41) is 3.62. The van der Waals surface area contributed by atoms with Crippen LogP contribution in [0, 0.1) is 17.8 Å². The fourth-order valence-corrected chi connectivity index (χ4v) is 2.98. The molecule has 1 nitrogen and oxygen atoms in total. The van der Waals surface area contributed by atoms with Crippen molar-refractivity contribution in [3.05, 3.63) is 12.2 Å². The van der Waals surface area contributed by atoms with Gasteiger partial charge in [-0.1, -0.05) is 46.3 Å². The van der Waals surface area contributed by atoms with Crippen molar-refractivity contribution < 1.29 is 0 Å². The van der Waals surface area contributed by atoms with Crippen molar-refractivity contribution in [3.63, 3.8) is 0 Å². The first-order valence-electron chi connectivity index (χ1n) is 7.42. The molecule has 1 aliphatic carbocycles. The van der Waals surface area contributed by atoms with Gasteiger partial charge in [-0.25, -0.2) is 0 Å². The Kier molecular flexibility index (Phi) is 6.26. The van der Waals surface area contributed by atoms with Crippen LogP contribution >= 0.6 is 0 Å². The zero-order valence-corrected chi connectivity index (χ0v) is 12.3. The molecule has 1 N–H and O–H groups in total. The molecule has 0 bridgehead atoms. The first kappa shape index (κ1) is 14.8. The summed E-state index contributed by atoms with van der Waals surface area (Å²) in [7, 11) is 0. The van der Waals surface area contributed by atoms with Gasteiger partial charge in [0.15, 0.2) is 0 Å². The first-order chi connectivity index (χ1) is 8.02. The predicted molar refractivity (Wildman–Crippen MR) is 77.2 cm³/mol. The fourth-order valence-electron chi connectivity index (χ4n) is 2.98. The van der Waals surface area contributed by atoms with Crippen molar-refractivity contribution >= 4 is 0 Å². The molecule has 1 rings (SSSR count). The van der Waals surface area contributed by atoms with Gasteiger partial charge in [0.25, 0.3) is 0 Å². The highest BCUT2D eigenvalue weighted by Crippen LogP contribution is 2.37. The van der Waals surface area contributed by atoms with E-state index in [0.29, 0.717) is 6.04 Å². The highest BCUT2D eigenvalue weighted by Gasteiger charge is 2.28. The largest absolute Gasteiger partial charge is 0.314 e. The normalized spacial score (nSPS) is 29.6. The Labute approximate surface area is 108 Å². The van der Waals surface area contributed by atoms with Gasteiger partial charge in [0.1, 0.15) is 0 Å². The van der Waals surface area contributed by atoms with Crippen LogP contribution in [0.2, 0.25) is 0 Å². The van der Waals surface area contributed by atoms with Crippen LogP contribution in [0.3, 0.4) is 0 Å². The quantitative estimate of drug-likeness (QED) is 0.675. The Morgan fingerprint density at radius 2 is 2.00 bits per heavy atom. The minimum Gasteiger partial charge on any atom is -0.314 e. The third-order valence-electron chi connectivity index (χ3n) is 4.24. The Morgan fingerprint density at radius 1 is 1.29 bits per heavy atom. The molecule has 3 unspecified atom stereocenters.